The Hall–Kier alpha value is -4.58. The Labute approximate surface area is 236 Å². The summed E-state index contributed by atoms with van der Waals surface area (Å²) in [6.07, 6.45) is 1.51. The van der Waals surface area contributed by atoms with Gasteiger partial charge >= 0.3 is 0 Å². The van der Waals surface area contributed by atoms with Gasteiger partial charge in [-0.15, -0.1) is 0 Å². The van der Waals surface area contributed by atoms with Crippen molar-refractivity contribution in [2.24, 2.45) is 0 Å². The molecule has 0 unspecified atom stereocenters. The number of hydrogen-bond donors (Lipinski definition) is 1. The van der Waals surface area contributed by atoms with E-state index in [4.69, 9.17) is 9.47 Å². The molecule has 1 N–H and O–H groups in total. The monoisotopic (exact) mass is 536 g/mol. The molecule has 6 nitrogen and oxygen atoms in total. The van der Waals surface area contributed by atoms with E-state index in [0.29, 0.717) is 43.9 Å². The molecule has 4 aromatic rings. The average Bonchev–Trinajstić information content (AvgIpc) is 3.01. The topological polar surface area (TPSA) is 67.9 Å². The Morgan fingerprint density at radius 1 is 0.700 bits per heavy atom. The summed E-state index contributed by atoms with van der Waals surface area (Å²) in [7, 11) is 3.20. The Balaban J connectivity index is 1.55. The lowest BCUT2D eigenvalue weighted by atomic mass is 10.0. The highest BCUT2D eigenvalue weighted by Crippen LogP contribution is 2.28. The molecular formula is C34H36N2O4. The van der Waals surface area contributed by atoms with Crippen molar-refractivity contribution in [3.05, 3.63) is 131 Å². The number of ether oxygens (including phenoxy) is 2. The molecule has 0 saturated heterocycles. The number of nitrogens with zero attached hydrogens (tertiary/aromatic N) is 1. The average molecular weight is 537 g/mol. The van der Waals surface area contributed by atoms with Gasteiger partial charge in [0.15, 0.2) is 11.5 Å². The molecule has 0 spiro atoms. The molecule has 0 aromatic heterocycles. The summed E-state index contributed by atoms with van der Waals surface area (Å²) in [5.74, 6) is 1.02. The summed E-state index contributed by atoms with van der Waals surface area (Å²) >= 11 is 0. The number of hydrogen-bond acceptors (Lipinski definition) is 4. The van der Waals surface area contributed by atoms with Gasteiger partial charge in [-0.1, -0.05) is 97.1 Å². The fourth-order valence-electron chi connectivity index (χ4n) is 4.71. The van der Waals surface area contributed by atoms with Gasteiger partial charge in [0.05, 0.1) is 14.2 Å². The Morgan fingerprint density at radius 3 is 1.93 bits per heavy atom. The van der Waals surface area contributed by atoms with Crippen LogP contribution in [-0.2, 0) is 29.0 Å². The molecular weight excluding hydrogens is 500 g/mol. The lowest BCUT2D eigenvalue weighted by Crippen LogP contribution is -2.44. The highest BCUT2D eigenvalue weighted by atomic mass is 16.5. The van der Waals surface area contributed by atoms with Crippen LogP contribution in [0.4, 0.5) is 0 Å². The lowest BCUT2D eigenvalue weighted by molar-refractivity contribution is -0.141. The normalized spacial score (nSPS) is 11.3. The summed E-state index contributed by atoms with van der Waals surface area (Å²) in [5, 5.41) is 3.09. The fourth-order valence-corrected chi connectivity index (χ4v) is 4.71. The van der Waals surface area contributed by atoms with Gasteiger partial charge in [-0.2, -0.15) is 0 Å². The highest BCUT2D eigenvalue weighted by Gasteiger charge is 2.31. The second-order valence-corrected chi connectivity index (χ2v) is 9.54. The molecule has 1 atom stereocenters. The van der Waals surface area contributed by atoms with Crippen LogP contribution in [0.1, 0.15) is 34.7 Å². The second kappa shape index (κ2) is 14.5. The minimum absolute atomic E-state index is 0.0726. The minimum Gasteiger partial charge on any atom is -0.493 e. The van der Waals surface area contributed by atoms with Crippen molar-refractivity contribution < 1.29 is 19.1 Å². The highest BCUT2D eigenvalue weighted by molar-refractivity contribution is 5.88. The predicted molar refractivity (Wildman–Crippen MR) is 157 cm³/mol. The first-order chi connectivity index (χ1) is 19.6. The van der Waals surface area contributed by atoms with Gasteiger partial charge in [0.25, 0.3) is 0 Å². The molecule has 0 aliphatic carbocycles. The maximum Gasteiger partial charge on any atom is 0.247 e. The van der Waals surface area contributed by atoms with Crippen molar-refractivity contribution in [3.8, 4) is 11.5 Å². The number of carbonyl (C=O) groups is 2. The molecule has 0 heterocycles. The van der Waals surface area contributed by atoms with Crippen LogP contribution < -0.4 is 14.8 Å². The van der Waals surface area contributed by atoms with E-state index < -0.39 is 6.04 Å². The predicted octanol–water partition coefficient (Wildman–Crippen LogP) is 5.77. The van der Waals surface area contributed by atoms with Gasteiger partial charge in [-0.25, -0.2) is 0 Å². The van der Waals surface area contributed by atoms with E-state index in [1.807, 2.05) is 109 Å². The second-order valence-electron chi connectivity index (χ2n) is 9.54. The van der Waals surface area contributed by atoms with Gasteiger partial charge in [0, 0.05) is 19.5 Å². The first kappa shape index (κ1) is 28.4. The molecule has 4 rings (SSSR count). The standard InChI is InChI=1S/C34H36N2O4/c1-39-30-20-18-27(24-31(30)40-2)22-23-35-34(38)33(29-16-10-5-11-17-29)36(25-28-14-8-4-9-15-28)32(37)21-19-26-12-6-3-7-13-26/h3-18,20,24,33H,19,21-23,25H2,1-2H3,(H,35,38)/t33-/m0/s1. The summed E-state index contributed by atoms with van der Waals surface area (Å²) in [4.78, 5) is 29.3. The van der Waals surface area contributed by atoms with E-state index in [1.54, 1.807) is 19.1 Å². The molecule has 0 bridgehead atoms. The van der Waals surface area contributed by atoms with Crippen molar-refractivity contribution in [2.45, 2.75) is 31.8 Å². The quantitative estimate of drug-likeness (QED) is 0.236. The summed E-state index contributed by atoms with van der Waals surface area (Å²) < 4.78 is 10.7. The largest absolute Gasteiger partial charge is 0.493 e. The van der Waals surface area contributed by atoms with E-state index in [1.165, 1.54) is 0 Å². The fraction of sp³-hybridized carbons (Fsp3) is 0.235. The first-order valence-electron chi connectivity index (χ1n) is 13.5. The number of aryl methyl sites for hydroxylation is 1. The smallest absolute Gasteiger partial charge is 0.247 e. The van der Waals surface area contributed by atoms with Gasteiger partial charge in [0.2, 0.25) is 11.8 Å². The Morgan fingerprint density at radius 2 is 1.30 bits per heavy atom. The van der Waals surface area contributed by atoms with Gasteiger partial charge in [0.1, 0.15) is 6.04 Å². The third kappa shape index (κ3) is 7.73. The van der Waals surface area contributed by atoms with E-state index in [-0.39, 0.29) is 11.8 Å². The van der Waals surface area contributed by atoms with Crippen molar-refractivity contribution >= 4 is 11.8 Å². The molecule has 0 radical (unpaired) electrons. The Kier molecular flexibility index (Phi) is 10.3. The van der Waals surface area contributed by atoms with E-state index in [0.717, 1.165) is 22.3 Å². The third-order valence-electron chi connectivity index (χ3n) is 6.82. The van der Waals surface area contributed by atoms with Crippen LogP contribution in [0.15, 0.2) is 109 Å². The van der Waals surface area contributed by atoms with Crippen LogP contribution in [0.5, 0.6) is 11.5 Å². The van der Waals surface area contributed by atoms with Gasteiger partial charge in [-0.3, -0.25) is 9.59 Å². The van der Waals surface area contributed by atoms with Crippen LogP contribution >= 0.6 is 0 Å². The number of amides is 2. The number of carbonyl (C=O) groups excluding carboxylic acids is 2. The molecule has 206 valence electrons. The van der Waals surface area contributed by atoms with Crippen LogP contribution in [-0.4, -0.2) is 37.5 Å². The van der Waals surface area contributed by atoms with Crippen molar-refractivity contribution in [2.75, 3.05) is 20.8 Å². The zero-order valence-corrected chi connectivity index (χ0v) is 23.1. The third-order valence-corrected chi connectivity index (χ3v) is 6.82. The van der Waals surface area contributed by atoms with E-state index in [2.05, 4.69) is 5.32 Å². The number of nitrogens with one attached hydrogen (secondary N) is 1. The molecule has 6 heteroatoms. The zero-order chi connectivity index (χ0) is 28.2. The lowest BCUT2D eigenvalue weighted by Gasteiger charge is -2.32. The van der Waals surface area contributed by atoms with E-state index in [9.17, 15) is 9.59 Å². The molecule has 0 fully saturated rings. The SMILES string of the molecule is COc1ccc(CCNC(=O)[C@H](c2ccccc2)N(Cc2ccccc2)C(=O)CCc2ccccc2)cc1OC. The minimum atomic E-state index is -0.768. The van der Waals surface area contributed by atoms with Crippen molar-refractivity contribution in [1.29, 1.82) is 0 Å². The van der Waals surface area contributed by atoms with Crippen molar-refractivity contribution in [3.63, 3.8) is 0 Å². The van der Waals surface area contributed by atoms with E-state index >= 15 is 0 Å². The number of rotatable bonds is 13. The summed E-state index contributed by atoms with van der Waals surface area (Å²) in [6, 6.07) is 34.2. The first-order valence-corrected chi connectivity index (χ1v) is 13.5. The maximum atomic E-state index is 13.8. The molecule has 0 aliphatic rings. The number of benzene rings is 4. The molecule has 2 amide bonds. The summed E-state index contributed by atoms with van der Waals surface area (Å²) in [6.45, 7) is 0.742. The zero-order valence-electron chi connectivity index (χ0n) is 23.1. The molecule has 40 heavy (non-hydrogen) atoms. The van der Waals surface area contributed by atoms with Crippen LogP contribution in [0, 0.1) is 0 Å². The molecule has 4 aromatic carbocycles. The van der Waals surface area contributed by atoms with Gasteiger partial charge in [-0.05, 0) is 47.2 Å². The van der Waals surface area contributed by atoms with Crippen molar-refractivity contribution in [1.82, 2.24) is 10.2 Å². The molecule has 0 aliphatic heterocycles. The van der Waals surface area contributed by atoms with Crippen LogP contribution in [0.3, 0.4) is 0 Å². The molecule has 0 saturated carbocycles. The summed E-state index contributed by atoms with van der Waals surface area (Å²) in [5.41, 5.74) is 3.84. The van der Waals surface area contributed by atoms with Crippen LogP contribution in [0.25, 0.3) is 0 Å². The Bertz CT molecular complexity index is 1360. The van der Waals surface area contributed by atoms with Gasteiger partial charge < -0.3 is 19.7 Å². The maximum absolute atomic E-state index is 13.8. The van der Waals surface area contributed by atoms with Crippen LogP contribution in [0.2, 0.25) is 0 Å². The number of methoxy groups -OCH3 is 2.